The molecule has 112 valence electrons. The summed E-state index contributed by atoms with van der Waals surface area (Å²) in [4.78, 5) is 15.6. The van der Waals surface area contributed by atoms with Crippen molar-refractivity contribution in [2.75, 3.05) is 13.1 Å². The quantitative estimate of drug-likeness (QED) is 0.589. The van der Waals surface area contributed by atoms with Crippen LogP contribution in [-0.2, 0) is 11.3 Å². The third kappa shape index (κ3) is 5.74. The van der Waals surface area contributed by atoms with Crippen LogP contribution in [0.5, 0.6) is 0 Å². The molecule has 0 atom stereocenters. The van der Waals surface area contributed by atoms with E-state index in [-0.39, 0.29) is 5.91 Å². The van der Waals surface area contributed by atoms with Crippen molar-refractivity contribution < 1.29 is 4.79 Å². The third-order valence-corrected chi connectivity index (χ3v) is 3.89. The van der Waals surface area contributed by atoms with E-state index in [0.717, 1.165) is 13.1 Å². The second-order valence-electron chi connectivity index (χ2n) is 5.54. The molecule has 0 bridgehead atoms. The Hall–Kier alpha value is -1.36. The number of imidazole rings is 1. The number of nitrogens with zero attached hydrogens (tertiary/aromatic N) is 2. The Labute approximate surface area is 121 Å². The molecular weight excluding hydrogens is 252 g/mol. The Morgan fingerprint density at radius 2 is 2.00 bits per heavy atom. The minimum atomic E-state index is 0.112. The Kier molecular flexibility index (Phi) is 6.57. The average molecular weight is 278 g/mol. The molecule has 2 rings (SSSR count). The van der Waals surface area contributed by atoms with Gasteiger partial charge in [0.2, 0.25) is 5.91 Å². The Morgan fingerprint density at radius 1 is 1.20 bits per heavy atom. The number of carbonyl (C=O) groups is 1. The predicted octanol–water partition coefficient (Wildman–Crippen LogP) is 1.70. The molecule has 0 radical (unpaired) electrons. The highest BCUT2D eigenvalue weighted by Crippen LogP contribution is 2.16. The molecule has 0 unspecified atom stereocenters. The maximum Gasteiger partial charge on any atom is 0.221 e. The van der Waals surface area contributed by atoms with E-state index >= 15 is 0 Å². The Morgan fingerprint density at radius 3 is 2.70 bits per heavy atom. The summed E-state index contributed by atoms with van der Waals surface area (Å²) >= 11 is 0. The van der Waals surface area contributed by atoms with Gasteiger partial charge in [-0.05, 0) is 12.8 Å². The zero-order chi connectivity index (χ0) is 14.0. The number of aromatic nitrogens is 2. The molecule has 5 nitrogen and oxygen atoms in total. The summed E-state index contributed by atoms with van der Waals surface area (Å²) < 4.78 is 1.92. The van der Waals surface area contributed by atoms with Crippen molar-refractivity contribution in [3.63, 3.8) is 0 Å². The summed E-state index contributed by atoms with van der Waals surface area (Å²) in [7, 11) is 0. The molecule has 1 amide bonds. The van der Waals surface area contributed by atoms with E-state index in [1.807, 2.05) is 10.8 Å². The number of aryl methyl sites for hydroxylation is 1. The minimum Gasteiger partial charge on any atom is -0.355 e. The van der Waals surface area contributed by atoms with Crippen LogP contribution in [-0.4, -0.2) is 34.6 Å². The fraction of sp³-hybridized carbons (Fsp3) is 0.733. The van der Waals surface area contributed by atoms with Crippen LogP contribution in [0.3, 0.4) is 0 Å². The van der Waals surface area contributed by atoms with Crippen molar-refractivity contribution in [1.29, 1.82) is 0 Å². The number of hydrogen-bond acceptors (Lipinski definition) is 3. The summed E-state index contributed by atoms with van der Waals surface area (Å²) in [6, 6.07) is 0.653. The van der Waals surface area contributed by atoms with Crippen LogP contribution in [0.15, 0.2) is 18.7 Å². The van der Waals surface area contributed by atoms with Gasteiger partial charge in [0.1, 0.15) is 0 Å². The maximum atomic E-state index is 11.7. The topological polar surface area (TPSA) is 59.0 Å². The summed E-state index contributed by atoms with van der Waals surface area (Å²) in [6.07, 6.45) is 13.9. The smallest absolute Gasteiger partial charge is 0.221 e. The van der Waals surface area contributed by atoms with Crippen molar-refractivity contribution in [3.05, 3.63) is 18.7 Å². The van der Waals surface area contributed by atoms with Crippen LogP contribution in [0, 0.1) is 0 Å². The van der Waals surface area contributed by atoms with Gasteiger partial charge in [-0.2, -0.15) is 0 Å². The van der Waals surface area contributed by atoms with Gasteiger partial charge in [0.25, 0.3) is 0 Å². The standard InChI is InChI=1S/C15H26N4O/c20-15(7-11-19-12-10-16-13-19)18-9-8-17-14-5-3-1-2-4-6-14/h10,12-14,17H,1-9,11H2,(H,18,20). The van der Waals surface area contributed by atoms with Crippen LogP contribution < -0.4 is 10.6 Å². The fourth-order valence-corrected chi connectivity index (χ4v) is 2.70. The zero-order valence-electron chi connectivity index (χ0n) is 12.2. The van der Waals surface area contributed by atoms with Crippen molar-refractivity contribution >= 4 is 5.91 Å². The molecule has 1 aromatic rings. The van der Waals surface area contributed by atoms with Crippen LogP contribution in [0.2, 0.25) is 0 Å². The monoisotopic (exact) mass is 278 g/mol. The van der Waals surface area contributed by atoms with Gasteiger partial charge in [-0.25, -0.2) is 4.98 Å². The molecule has 1 aliphatic carbocycles. The number of hydrogen-bond donors (Lipinski definition) is 2. The first kappa shape index (κ1) is 15.0. The zero-order valence-corrected chi connectivity index (χ0v) is 12.2. The van der Waals surface area contributed by atoms with Gasteiger partial charge in [0.05, 0.1) is 6.33 Å². The van der Waals surface area contributed by atoms with E-state index in [0.29, 0.717) is 19.0 Å². The van der Waals surface area contributed by atoms with Gasteiger partial charge < -0.3 is 15.2 Å². The van der Waals surface area contributed by atoms with Crippen LogP contribution in [0.1, 0.15) is 44.9 Å². The van der Waals surface area contributed by atoms with Crippen molar-refractivity contribution in [3.8, 4) is 0 Å². The second-order valence-corrected chi connectivity index (χ2v) is 5.54. The third-order valence-electron chi connectivity index (χ3n) is 3.89. The largest absolute Gasteiger partial charge is 0.355 e. The molecule has 1 aliphatic rings. The molecule has 1 heterocycles. The summed E-state index contributed by atoms with van der Waals surface area (Å²) in [5.74, 6) is 0.112. The van der Waals surface area contributed by atoms with Crippen molar-refractivity contribution in [2.45, 2.75) is 57.5 Å². The molecule has 0 spiro atoms. The van der Waals surface area contributed by atoms with Crippen molar-refractivity contribution in [1.82, 2.24) is 20.2 Å². The molecule has 1 fully saturated rings. The lowest BCUT2D eigenvalue weighted by molar-refractivity contribution is -0.121. The lowest BCUT2D eigenvalue weighted by atomic mass is 10.1. The molecule has 20 heavy (non-hydrogen) atoms. The molecule has 2 N–H and O–H groups in total. The van der Waals surface area contributed by atoms with Gasteiger partial charge in [-0.3, -0.25) is 4.79 Å². The maximum absolute atomic E-state index is 11.7. The van der Waals surface area contributed by atoms with E-state index in [1.54, 1.807) is 12.5 Å². The summed E-state index contributed by atoms with van der Waals surface area (Å²) in [6.45, 7) is 2.29. The molecular formula is C15H26N4O. The molecule has 5 heteroatoms. The van der Waals surface area contributed by atoms with E-state index in [4.69, 9.17) is 0 Å². The highest BCUT2D eigenvalue weighted by Gasteiger charge is 2.10. The molecule has 1 aromatic heterocycles. The number of carbonyl (C=O) groups excluding carboxylic acids is 1. The first-order valence-electron chi connectivity index (χ1n) is 7.80. The Balaban J connectivity index is 1.50. The molecule has 0 saturated heterocycles. The lowest BCUT2D eigenvalue weighted by Crippen LogP contribution is -2.37. The predicted molar refractivity (Wildman–Crippen MR) is 79.3 cm³/mol. The number of amides is 1. The Bertz CT molecular complexity index is 369. The van der Waals surface area contributed by atoms with E-state index in [1.165, 1.54) is 38.5 Å². The van der Waals surface area contributed by atoms with E-state index in [9.17, 15) is 4.79 Å². The molecule has 0 aromatic carbocycles. The molecule has 1 saturated carbocycles. The normalized spacial score (nSPS) is 16.8. The lowest BCUT2D eigenvalue weighted by Gasteiger charge is -2.16. The highest BCUT2D eigenvalue weighted by molar-refractivity contribution is 5.75. The van der Waals surface area contributed by atoms with Crippen LogP contribution >= 0.6 is 0 Å². The van der Waals surface area contributed by atoms with E-state index < -0.39 is 0 Å². The SMILES string of the molecule is O=C(CCn1ccnc1)NCCNC1CCCCCC1. The van der Waals surface area contributed by atoms with Gasteiger partial charge in [-0.1, -0.05) is 25.7 Å². The number of nitrogens with one attached hydrogen (secondary N) is 2. The molecule has 0 aliphatic heterocycles. The van der Waals surface area contributed by atoms with Gasteiger partial charge >= 0.3 is 0 Å². The van der Waals surface area contributed by atoms with Gasteiger partial charge in [0, 0.05) is 44.5 Å². The summed E-state index contributed by atoms with van der Waals surface area (Å²) in [5, 5.41) is 6.52. The van der Waals surface area contributed by atoms with Crippen LogP contribution in [0.4, 0.5) is 0 Å². The van der Waals surface area contributed by atoms with E-state index in [2.05, 4.69) is 15.6 Å². The van der Waals surface area contributed by atoms with Crippen LogP contribution in [0.25, 0.3) is 0 Å². The first-order chi connectivity index (χ1) is 9.84. The van der Waals surface area contributed by atoms with Gasteiger partial charge in [-0.15, -0.1) is 0 Å². The first-order valence-corrected chi connectivity index (χ1v) is 7.80. The highest BCUT2D eigenvalue weighted by atomic mass is 16.1. The van der Waals surface area contributed by atoms with Crippen molar-refractivity contribution in [2.24, 2.45) is 0 Å². The number of rotatable bonds is 7. The average Bonchev–Trinajstić information content (AvgIpc) is 2.84. The minimum absolute atomic E-state index is 0.112. The fourth-order valence-electron chi connectivity index (χ4n) is 2.70. The van der Waals surface area contributed by atoms with Gasteiger partial charge in [0.15, 0.2) is 0 Å². The summed E-state index contributed by atoms with van der Waals surface area (Å²) in [5.41, 5.74) is 0. The second kappa shape index (κ2) is 8.74.